The number of ether oxygens (including phenoxy) is 3. The van der Waals surface area contributed by atoms with Gasteiger partial charge in [0.05, 0.1) is 27.9 Å². The Balaban J connectivity index is 1.65. The first-order valence-electron chi connectivity index (χ1n) is 11.2. The largest absolute Gasteiger partial charge is 0.496 e. The molecule has 1 aromatic carbocycles. The minimum atomic E-state index is 0.204. The summed E-state index contributed by atoms with van der Waals surface area (Å²) >= 11 is 0. The van der Waals surface area contributed by atoms with E-state index < -0.39 is 0 Å². The third-order valence-corrected chi connectivity index (χ3v) is 6.08. The Bertz CT molecular complexity index is 777. The Morgan fingerprint density at radius 1 is 1.06 bits per heavy atom. The number of carbonyl (C=O) groups excluding carboxylic acids is 1. The summed E-state index contributed by atoms with van der Waals surface area (Å²) in [6.45, 7) is 4.77. The molecule has 0 aromatic heterocycles. The van der Waals surface area contributed by atoms with Gasteiger partial charge in [-0.2, -0.15) is 0 Å². The standard InChI is InChI=1S/C23H36N4O4/c1-5-24-23(25-14-17-12-20(30-3)21(31-4)13-19(17)29-2)26-18-10-11-27(15-18)22(28)16-8-6-7-9-16/h12-13,16,18H,5-11,14-15H2,1-4H3,(H2,24,25,26). The average Bonchev–Trinajstić information content (AvgIpc) is 3.49. The molecule has 1 amide bonds. The van der Waals surface area contributed by atoms with Crippen LogP contribution >= 0.6 is 0 Å². The van der Waals surface area contributed by atoms with Gasteiger partial charge in [-0.05, 0) is 32.3 Å². The van der Waals surface area contributed by atoms with Gasteiger partial charge in [-0.3, -0.25) is 4.79 Å². The Morgan fingerprint density at radius 2 is 1.74 bits per heavy atom. The van der Waals surface area contributed by atoms with Gasteiger partial charge in [0, 0.05) is 43.2 Å². The summed E-state index contributed by atoms with van der Waals surface area (Å²) in [6, 6.07) is 3.91. The number of hydrogen-bond acceptors (Lipinski definition) is 5. The quantitative estimate of drug-likeness (QED) is 0.485. The molecule has 1 saturated heterocycles. The first kappa shape index (κ1) is 23.0. The van der Waals surface area contributed by atoms with Crippen LogP contribution in [-0.4, -0.2) is 63.8 Å². The lowest BCUT2D eigenvalue weighted by Crippen LogP contribution is -2.45. The number of guanidine groups is 1. The Kier molecular flexibility index (Phi) is 8.26. The molecule has 172 valence electrons. The van der Waals surface area contributed by atoms with Gasteiger partial charge in [0.2, 0.25) is 5.91 Å². The van der Waals surface area contributed by atoms with Crippen LogP contribution in [0.15, 0.2) is 17.1 Å². The third-order valence-electron chi connectivity index (χ3n) is 6.08. The van der Waals surface area contributed by atoms with Crippen molar-refractivity contribution in [3.63, 3.8) is 0 Å². The minimum absolute atomic E-state index is 0.204. The van der Waals surface area contributed by atoms with Crippen molar-refractivity contribution in [1.82, 2.24) is 15.5 Å². The van der Waals surface area contributed by atoms with Crippen LogP contribution in [0, 0.1) is 5.92 Å². The molecule has 1 heterocycles. The zero-order chi connectivity index (χ0) is 22.2. The van der Waals surface area contributed by atoms with Crippen molar-refractivity contribution in [2.75, 3.05) is 41.0 Å². The molecule has 3 rings (SSSR count). The molecule has 2 fully saturated rings. The molecular weight excluding hydrogens is 396 g/mol. The zero-order valence-corrected chi connectivity index (χ0v) is 19.2. The summed E-state index contributed by atoms with van der Waals surface area (Å²) in [7, 11) is 4.85. The Labute approximate surface area is 185 Å². The highest BCUT2D eigenvalue weighted by Gasteiger charge is 2.32. The molecule has 1 aromatic rings. The molecule has 2 N–H and O–H groups in total. The molecule has 0 radical (unpaired) electrons. The van der Waals surface area contributed by atoms with Crippen molar-refractivity contribution in [3.8, 4) is 17.2 Å². The predicted molar refractivity (Wildman–Crippen MR) is 121 cm³/mol. The van der Waals surface area contributed by atoms with Crippen LogP contribution in [0.5, 0.6) is 17.2 Å². The summed E-state index contributed by atoms with van der Waals surface area (Å²) in [5, 5.41) is 6.81. The monoisotopic (exact) mass is 432 g/mol. The van der Waals surface area contributed by atoms with Gasteiger partial charge >= 0.3 is 0 Å². The summed E-state index contributed by atoms with van der Waals surface area (Å²) in [5.74, 6) is 3.27. The van der Waals surface area contributed by atoms with Crippen molar-refractivity contribution in [3.05, 3.63) is 17.7 Å². The van der Waals surface area contributed by atoms with Gasteiger partial charge in [-0.25, -0.2) is 4.99 Å². The van der Waals surface area contributed by atoms with Crippen LogP contribution in [0.1, 0.15) is 44.6 Å². The first-order valence-corrected chi connectivity index (χ1v) is 11.2. The third kappa shape index (κ3) is 5.74. The summed E-state index contributed by atoms with van der Waals surface area (Å²) in [6.07, 6.45) is 5.39. The molecule has 1 aliphatic carbocycles. The number of methoxy groups -OCH3 is 3. The lowest BCUT2D eigenvalue weighted by Gasteiger charge is -2.21. The second-order valence-electron chi connectivity index (χ2n) is 8.11. The fourth-order valence-electron chi connectivity index (χ4n) is 4.40. The van der Waals surface area contributed by atoms with E-state index >= 15 is 0 Å². The fraction of sp³-hybridized carbons (Fsp3) is 0.652. The number of benzene rings is 1. The van der Waals surface area contributed by atoms with E-state index in [-0.39, 0.29) is 12.0 Å². The first-order chi connectivity index (χ1) is 15.1. The Hall–Kier alpha value is -2.64. The highest BCUT2D eigenvalue weighted by molar-refractivity contribution is 5.81. The Morgan fingerprint density at radius 3 is 2.39 bits per heavy atom. The van der Waals surface area contributed by atoms with Crippen molar-refractivity contribution in [2.45, 2.75) is 51.6 Å². The molecule has 8 nitrogen and oxygen atoms in total. The van der Waals surface area contributed by atoms with E-state index in [1.807, 2.05) is 24.0 Å². The van der Waals surface area contributed by atoms with Gasteiger partial charge < -0.3 is 29.7 Å². The normalized spacial score (nSPS) is 19.4. The van der Waals surface area contributed by atoms with Crippen molar-refractivity contribution < 1.29 is 19.0 Å². The lowest BCUT2D eigenvalue weighted by atomic mass is 10.1. The van der Waals surface area contributed by atoms with E-state index in [9.17, 15) is 4.79 Å². The van der Waals surface area contributed by atoms with Crippen LogP contribution in [-0.2, 0) is 11.3 Å². The second kappa shape index (κ2) is 11.1. The molecular formula is C23H36N4O4. The lowest BCUT2D eigenvalue weighted by molar-refractivity contribution is -0.134. The van der Waals surface area contributed by atoms with Crippen LogP contribution in [0.25, 0.3) is 0 Å². The maximum atomic E-state index is 12.7. The van der Waals surface area contributed by atoms with Crippen molar-refractivity contribution >= 4 is 11.9 Å². The predicted octanol–water partition coefficient (Wildman–Crippen LogP) is 2.56. The summed E-state index contributed by atoms with van der Waals surface area (Å²) < 4.78 is 16.3. The van der Waals surface area contributed by atoms with E-state index in [2.05, 4.69) is 10.6 Å². The van der Waals surface area contributed by atoms with Crippen LogP contribution < -0.4 is 24.8 Å². The SMILES string of the molecule is CCNC(=NCc1cc(OC)c(OC)cc1OC)NC1CCN(C(=O)C2CCCC2)C1. The molecule has 31 heavy (non-hydrogen) atoms. The maximum absolute atomic E-state index is 12.7. The van der Waals surface area contributed by atoms with Crippen molar-refractivity contribution in [1.29, 1.82) is 0 Å². The number of rotatable bonds is 8. The molecule has 1 aliphatic heterocycles. The minimum Gasteiger partial charge on any atom is -0.496 e. The van der Waals surface area contributed by atoms with Crippen LogP contribution in [0.4, 0.5) is 0 Å². The molecule has 1 saturated carbocycles. The van der Waals surface area contributed by atoms with E-state index in [4.69, 9.17) is 19.2 Å². The number of amides is 1. The van der Waals surface area contributed by atoms with Gasteiger partial charge in [0.25, 0.3) is 0 Å². The van der Waals surface area contributed by atoms with Gasteiger partial charge in [-0.15, -0.1) is 0 Å². The topological polar surface area (TPSA) is 84.4 Å². The number of aliphatic imine (C=N–C) groups is 1. The van der Waals surface area contributed by atoms with E-state index in [0.717, 1.165) is 50.4 Å². The van der Waals surface area contributed by atoms with E-state index in [0.29, 0.717) is 29.7 Å². The number of likely N-dealkylation sites (tertiary alicyclic amines) is 1. The molecule has 1 unspecified atom stereocenters. The second-order valence-corrected chi connectivity index (χ2v) is 8.11. The highest BCUT2D eigenvalue weighted by atomic mass is 16.5. The smallest absolute Gasteiger partial charge is 0.225 e. The molecule has 8 heteroatoms. The van der Waals surface area contributed by atoms with Crippen LogP contribution in [0.3, 0.4) is 0 Å². The number of hydrogen-bond donors (Lipinski definition) is 2. The van der Waals surface area contributed by atoms with Gasteiger partial charge in [0.15, 0.2) is 17.5 Å². The van der Waals surface area contributed by atoms with Crippen molar-refractivity contribution in [2.24, 2.45) is 10.9 Å². The molecule has 0 spiro atoms. The van der Waals surface area contributed by atoms with E-state index in [1.165, 1.54) is 12.8 Å². The number of nitrogens with one attached hydrogen (secondary N) is 2. The highest BCUT2D eigenvalue weighted by Crippen LogP contribution is 2.35. The van der Waals surface area contributed by atoms with Crippen LogP contribution in [0.2, 0.25) is 0 Å². The number of carbonyl (C=O) groups is 1. The molecule has 1 atom stereocenters. The average molecular weight is 433 g/mol. The molecule has 0 bridgehead atoms. The van der Waals surface area contributed by atoms with Gasteiger partial charge in [0.1, 0.15) is 5.75 Å². The zero-order valence-electron chi connectivity index (χ0n) is 19.2. The summed E-state index contributed by atoms with van der Waals surface area (Å²) in [5.41, 5.74) is 0.904. The van der Waals surface area contributed by atoms with Gasteiger partial charge in [-0.1, -0.05) is 12.8 Å². The maximum Gasteiger partial charge on any atom is 0.225 e. The van der Waals surface area contributed by atoms with E-state index in [1.54, 1.807) is 21.3 Å². The number of nitrogens with zero attached hydrogens (tertiary/aromatic N) is 2. The summed E-state index contributed by atoms with van der Waals surface area (Å²) in [4.78, 5) is 19.5. The molecule has 2 aliphatic rings. The fourth-order valence-corrected chi connectivity index (χ4v) is 4.40.